The third kappa shape index (κ3) is 3.86. The SMILES string of the molecule is C/C(N)=C(\C)c1c(N)sc(C(=O)NC2CC2c2ccc(S(C)=O)cc2)c1N. The molecule has 0 radical (unpaired) electrons. The molecule has 1 fully saturated rings. The predicted molar refractivity (Wildman–Crippen MR) is 113 cm³/mol. The topological polar surface area (TPSA) is 124 Å². The van der Waals surface area contributed by atoms with Crippen molar-refractivity contribution in [3.63, 3.8) is 0 Å². The Labute approximate surface area is 165 Å². The summed E-state index contributed by atoms with van der Waals surface area (Å²) in [5.41, 5.74) is 21.7. The number of hydrogen-bond donors (Lipinski definition) is 4. The molecule has 0 bridgehead atoms. The number of nitrogens with two attached hydrogens (primary N) is 3. The molecule has 1 saturated carbocycles. The van der Waals surface area contributed by atoms with Crippen LogP contribution >= 0.6 is 11.3 Å². The average Bonchev–Trinajstić information content (AvgIpc) is 3.31. The summed E-state index contributed by atoms with van der Waals surface area (Å²) in [6.07, 6.45) is 2.53. The first-order valence-corrected chi connectivity index (χ1v) is 10.9. The van der Waals surface area contributed by atoms with Crippen molar-refractivity contribution >= 4 is 44.3 Å². The maximum atomic E-state index is 12.7. The zero-order valence-corrected chi connectivity index (χ0v) is 17.2. The number of hydrogen-bond acceptors (Lipinski definition) is 6. The number of allylic oxidation sites excluding steroid dienone is 2. The molecular formula is C19H24N4O2S2. The van der Waals surface area contributed by atoms with Gasteiger partial charge in [-0.3, -0.25) is 9.00 Å². The molecule has 0 aliphatic heterocycles. The third-order valence-electron chi connectivity index (χ3n) is 4.89. The predicted octanol–water partition coefficient (Wildman–Crippen LogP) is 2.65. The van der Waals surface area contributed by atoms with Gasteiger partial charge < -0.3 is 22.5 Å². The van der Waals surface area contributed by atoms with E-state index in [-0.39, 0.29) is 17.9 Å². The van der Waals surface area contributed by atoms with Crippen LogP contribution in [0, 0.1) is 0 Å². The molecule has 8 heteroatoms. The van der Waals surface area contributed by atoms with Gasteiger partial charge in [0, 0.05) is 45.2 Å². The Kier molecular flexibility index (Phi) is 5.30. The molecule has 1 amide bonds. The minimum absolute atomic E-state index is 0.0644. The van der Waals surface area contributed by atoms with Gasteiger partial charge in [-0.25, -0.2) is 0 Å². The van der Waals surface area contributed by atoms with Crippen molar-refractivity contribution in [2.45, 2.75) is 37.1 Å². The number of nitrogen functional groups attached to an aromatic ring is 2. The lowest BCUT2D eigenvalue weighted by atomic mass is 10.1. The van der Waals surface area contributed by atoms with Crippen LogP contribution in [0.15, 0.2) is 34.9 Å². The van der Waals surface area contributed by atoms with Crippen LogP contribution in [0.25, 0.3) is 5.57 Å². The van der Waals surface area contributed by atoms with Gasteiger partial charge in [0.1, 0.15) is 4.88 Å². The van der Waals surface area contributed by atoms with E-state index in [1.807, 2.05) is 31.2 Å². The number of carbonyl (C=O) groups is 1. The van der Waals surface area contributed by atoms with Gasteiger partial charge in [-0.1, -0.05) is 12.1 Å². The Morgan fingerprint density at radius 1 is 1.22 bits per heavy atom. The zero-order valence-electron chi connectivity index (χ0n) is 15.5. The number of nitrogens with one attached hydrogen (secondary N) is 1. The average molecular weight is 405 g/mol. The second kappa shape index (κ2) is 7.36. The van der Waals surface area contributed by atoms with Crippen LogP contribution in [-0.4, -0.2) is 22.4 Å². The van der Waals surface area contributed by atoms with Crippen molar-refractivity contribution in [1.82, 2.24) is 5.32 Å². The van der Waals surface area contributed by atoms with Gasteiger partial charge in [-0.15, -0.1) is 11.3 Å². The highest BCUT2D eigenvalue weighted by Gasteiger charge is 2.40. The van der Waals surface area contributed by atoms with E-state index in [9.17, 15) is 9.00 Å². The molecule has 1 aromatic heterocycles. The van der Waals surface area contributed by atoms with Crippen molar-refractivity contribution in [1.29, 1.82) is 0 Å². The molecule has 1 aliphatic carbocycles. The number of carbonyl (C=O) groups excluding carboxylic acids is 1. The summed E-state index contributed by atoms with van der Waals surface area (Å²) >= 11 is 1.18. The van der Waals surface area contributed by atoms with Crippen molar-refractivity contribution in [2.75, 3.05) is 17.7 Å². The molecule has 2 aromatic rings. The van der Waals surface area contributed by atoms with Gasteiger partial charge in [0.05, 0.1) is 10.7 Å². The molecule has 1 aliphatic rings. The summed E-state index contributed by atoms with van der Waals surface area (Å²) in [6.45, 7) is 3.62. The number of rotatable bonds is 5. The fourth-order valence-electron chi connectivity index (χ4n) is 3.08. The number of amides is 1. The highest BCUT2D eigenvalue weighted by atomic mass is 32.2. The Hall–Kier alpha value is -2.32. The second-order valence-electron chi connectivity index (χ2n) is 6.84. The van der Waals surface area contributed by atoms with Crippen LogP contribution in [0.2, 0.25) is 0 Å². The van der Waals surface area contributed by atoms with Gasteiger partial charge >= 0.3 is 0 Å². The largest absolute Gasteiger partial charge is 0.402 e. The van der Waals surface area contributed by atoms with Crippen molar-refractivity contribution in [3.8, 4) is 0 Å². The molecule has 0 saturated heterocycles. The van der Waals surface area contributed by atoms with E-state index in [2.05, 4.69) is 5.32 Å². The lowest BCUT2D eigenvalue weighted by Crippen LogP contribution is -2.26. The quantitative estimate of drug-likeness (QED) is 0.610. The second-order valence-corrected chi connectivity index (χ2v) is 9.27. The standard InChI is InChI=1S/C19H24N4O2S2/c1-9(10(2)20)15-16(21)17(26-18(15)22)19(24)23-14-8-13(14)11-4-6-12(7-5-11)27(3)25/h4-7,13-14H,8,20-22H2,1-3H3,(H,23,24)/b10-9-. The number of thiophene rings is 1. The zero-order chi connectivity index (χ0) is 19.9. The molecular weight excluding hydrogens is 380 g/mol. The van der Waals surface area contributed by atoms with E-state index in [0.717, 1.165) is 22.5 Å². The molecule has 3 atom stereocenters. The minimum atomic E-state index is -0.990. The van der Waals surface area contributed by atoms with Crippen LogP contribution in [0.1, 0.15) is 47.0 Å². The van der Waals surface area contributed by atoms with Gasteiger partial charge in [-0.05, 0) is 43.5 Å². The monoisotopic (exact) mass is 404 g/mol. The van der Waals surface area contributed by atoms with Gasteiger partial charge in [0.2, 0.25) is 0 Å². The Morgan fingerprint density at radius 2 is 1.85 bits per heavy atom. The summed E-state index contributed by atoms with van der Waals surface area (Å²) in [5.74, 6) is 0.0518. The van der Waals surface area contributed by atoms with Crippen molar-refractivity contribution in [2.24, 2.45) is 5.73 Å². The molecule has 0 spiro atoms. The van der Waals surface area contributed by atoms with Crippen LogP contribution in [0.5, 0.6) is 0 Å². The molecule has 1 aromatic carbocycles. The van der Waals surface area contributed by atoms with Crippen LogP contribution < -0.4 is 22.5 Å². The van der Waals surface area contributed by atoms with E-state index >= 15 is 0 Å². The summed E-state index contributed by atoms with van der Waals surface area (Å²) in [6, 6.07) is 7.76. The van der Waals surface area contributed by atoms with Crippen LogP contribution in [-0.2, 0) is 10.8 Å². The van der Waals surface area contributed by atoms with Crippen molar-refractivity contribution < 1.29 is 9.00 Å². The first-order chi connectivity index (χ1) is 12.7. The maximum Gasteiger partial charge on any atom is 0.263 e. The maximum absolute atomic E-state index is 12.7. The van der Waals surface area contributed by atoms with Crippen LogP contribution in [0.3, 0.4) is 0 Å². The van der Waals surface area contributed by atoms with E-state index < -0.39 is 10.8 Å². The summed E-state index contributed by atoms with van der Waals surface area (Å²) < 4.78 is 11.5. The first-order valence-electron chi connectivity index (χ1n) is 8.56. The van der Waals surface area contributed by atoms with Gasteiger partial charge in [-0.2, -0.15) is 0 Å². The molecule has 7 N–H and O–H groups in total. The van der Waals surface area contributed by atoms with E-state index in [1.54, 1.807) is 13.2 Å². The normalized spacial score (nSPS) is 20.7. The lowest BCUT2D eigenvalue weighted by molar-refractivity contribution is 0.0955. The Bertz CT molecular complexity index is 943. The molecule has 1 heterocycles. The molecule has 3 unspecified atom stereocenters. The summed E-state index contributed by atoms with van der Waals surface area (Å²) in [4.78, 5) is 13.9. The van der Waals surface area contributed by atoms with E-state index in [1.165, 1.54) is 11.3 Å². The van der Waals surface area contributed by atoms with Crippen molar-refractivity contribution in [3.05, 3.63) is 46.0 Å². The molecule has 6 nitrogen and oxygen atoms in total. The first kappa shape index (κ1) is 19.4. The van der Waals surface area contributed by atoms with Gasteiger partial charge in [0.15, 0.2) is 0 Å². The summed E-state index contributed by atoms with van der Waals surface area (Å²) in [7, 11) is -0.990. The van der Waals surface area contributed by atoms with Gasteiger partial charge in [0.25, 0.3) is 5.91 Å². The third-order valence-corrected chi connectivity index (χ3v) is 6.86. The molecule has 144 valence electrons. The van der Waals surface area contributed by atoms with E-state index in [0.29, 0.717) is 26.8 Å². The minimum Gasteiger partial charge on any atom is -0.402 e. The molecule has 3 rings (SSSR count). The number of benzene rings is 1. The Morgan fingerprint density at radius 3 is 2.41 bits per heavy atom. The number of anilines is 2. The lowest BCUT2D eigenvalue weighted by Gasteiger charge is -2.07. The highest BCUT2D eigenvalue weighted by Crippen LogP contribution is 2.43. The van der Waals surface area contributed by atoms with E-state index in [4.69, 9.17) is 17.2 Å². The Balaban J connectivity index is 1.72. The molecule has 27 heavy (non-hydrogen) atoms. The fourth-order valence-corrected chi connectivity index (χ4v) is 4.55. The fraction of sp³-hybridized carbons (Fsp3) is 0.316. The van der Waals surface area contributed by atoms with Crippen LogP contribution in [0.4, 0.5) is 10.7 Å². The smallest absolute Gasteiger partial charge is 0.263 e. The summed E-state index contributed by atoms with van der Waals surface area (Å²) in [5, 5.41) is 3.53. The highest BCUT2D eigenvalue weighted by molar-refractivity contribution is 7.84.